The van der Waals surface area contributed by atoms with Gasteiger partial charge in [0, 0.05) is 11.3 Å². The Labute approximate surface area is 137 Å². The number of thiophene rings is 1. The Hall–Kier alpha value is -2.46. The lowest BCUT2D eigenvalue weighted by Gasteiger charge is -2.06. The molecule has 23 heavy (non-hydrogen) atoms. The summed E-state index contributed by atoms with van der Waals surface area (Å²) in [7, 11) is 0. The first-order valence-electron chi connectivity index (χ1n) is 7.73. The summed E-state index contributed by atoms with van der Waals surface area (Å²) in [5, 5.41) is 3.12. The van der Waals surface area contributed by atoms with Crippen molar-refractivity contribution in [2.24, 2.45) is 0 Å². The Kier molecular flexibility index (Phi) is 3.46. The molecule has 0 atom stereocenters. The van der Waals surface area contributed by atoms with Crippen LogP contribution >= 0.6 is 11.3 Å². The van der Waals surface area contributed by atoms with Gasteiger partial charge < -0.3 is 4.98 Å². The van der Waals surface area contributed by atoms with Gasteiger partial charge in [-0.05, 0) is 28.8 Å². The normalized spacial score (nSPS) is 11.3. The lowest BCUT2D eigenvalue weighted by Crippen LogP contribution is -2.11. The molecular weight excluding hydrogens is 304 g/mol. The van der Waals surface area contributed by atoms with E-state index in [1.807, 2.05) is 18.2 Å². The molecule has 0 saturated heterocycles. The van der Waals surface area contributed by atoms with Crippen LogP contribution in [0.5, 0.6) is 0 Å². The molecule has 3 nitrogen and oxygen atoms in total. The summed E-state index contributed by atoms with van der Waals surface area (Å²) in [4.78, 5) is 21.9. The molecule has 0 bridgehead atoms. The topological polar surface area (TPSA) is 45.8 Å². The molecule has 0 fully saturated rings. The van der Waals surface area contributed by atoms with Crippen LogP contribution in [0, 0.1) is 0 Å². The van der Waals surface area contributed by atoms with Crippen LogP contribution in [0.15, 0.2) is 53.3 Å². The number of benzene rings is 2. The molecule has 0 aliphatic rings. The molecule has 0 unspecified atom stereocenters. The van der Waals surface area contributed by atoms with E-state index in [0.29, 0.717) is 11.8 Å². The highest BCUT2D eigenvalue weighted by atomic mass is 32.1. The van der Waals surface area contributed by atoms with Crippen LogP contribution in [0.25, 0.3) is 21.0 Å². The minimum Gasteiger partial charge on any atom is -0.310 e. The van der Waals surface area contributed by atoms with Gasteiger partial charge in [0.05, 0.1) is 5.39 Å². The molecule has 4 heteroatoms. The predicted octanol–water partition coefficient (Wildman–Crippen LogP) is 4.29. The Balaban J connectivity index is 1.81. The summed E-state index contributed by atoms with van der Waals surface area (Å²) in [6, 6.07) is 16.5. The van der Waals surface area contributed by atoms with Gasteiger partial charge in [0.25, 0.3) is 5.56 Å². The fourth-order valence-corrected chi connectivity index (χ4v) is 3.90. The zero-order chi connectivity index (χ0) is 15.8. The van der Waals surface area contributed by atoms with Crippen molar-refractivity contribution in [1.82, 2.24) is 9.97 Å². The number of aromatic amines is 1. The fraction of sp³-hybridized carbons (Fsp3) is 0.158. The van der Waals surface area contributed by atoms with E-state index in [9.17, 15) is 4.79 Å². The Morgan fingerprint density at radius 1 is 1.09 bits per heavy atom. The van der Waals surface area contributed by atoms with Crippen molar-refractivity contribution >= 4 is 32.3 Å². The van der Waals surface area contributed by atoms with Crippen molar-refractivity contribution < 1.29 is 0 Å². The molecule has 2 aromatic heterocycles. The zero-order valence-electron chi connectivity index (χ0n) is 12.8. The molecule has 2 aromatic carbocycles. The maximum Gasteiger partial charge on any atom is 0.259 e. The van der Waals surface area contributed by atoms with E-state index in [4.69, 9.17) is 0 Å². The summed E-state index contributed by atoms with van der Waals surface area (Å²) in [5.41, 5.74) is 1.14. The van der Waals surface area contributed by atoms with E-state index >= 15 is 0 Å². The average molecular weight is 320 g/mol. The third-order valence-corrected chi connectivity index (χ3v) is 5.26. The van der Waals surface area contributed by atoms with E-state index in [-0.39, 0.29) is 5.56 Å². The van der Waals surface area contributed by atoms with Crippen LogP contribution in [-0.4, -0.2) is 9.97 Å². The highest BCUT2D eigenvalue weighted by molar-refractivity contribution is 7.18. The van der Waals surface area contributed by atoms with Crippen molar-refractivity contribution in [2.75, 3.05) is 0 Å². The van der Waals surface area contributed by atoms with Gasteiger partial charge in [0.1, 0.15) is 10.7 Å². The Morgan fingerprint density at radius 3 is 2.78 bits per heavy atom. The van der Waals surface area contributed by atoms with Gasteiger partial charge in [0.15, 0.2) is 0 Å². The Bertz CT molecular complexity index is 1060. The third kappa shape index (κ3) is 2.55. The summed E-state index contributed by atoms with van der Waals surface area (Å²) >= 11 is 1.61. The first kappa shape index (κ1) is 14.2. The second-order valence-corrected chi connectivity index (χ2v) is 6.73. The van der Waals surface area contributed by atoms with Crippen LogP contribution in [0.3, 0.4) is 0 Å². The average Bonchev–Trinajstić information content (AvgIpc) is 2.99. The van der Waals surface area contributed by atoms with Gasteiger partial charge in [-0.1, -0.05) is 49.4 Å². The largest absolute Gasteiger partial charge is 0.310 e. The highest BCUT2D eigenvalue weighted by Crippen LogP contribution is 2.23. The maximum atomic E-state index is 12.3. The van der Waals surface area contributed by atoms with Crippen molar-refractivity contribution in [3.8, 4) is 0 Å². The fourth-order valence-electron chi connectivity index (χ4n) is 2.91. The minimum absolute atomic E-state index is 0.0406. The monoisotopic (exact) mass is 320 g/mol. The van der Waals surface area contributed by atoms with Crippen LogP contribution in [0.4, 0.5) is 0 Å². The summed E-state index contributed by atoms with van der Waals surface area (Å²) < 4.78 is 0. The summed E-state index contributed by atoms with van der Waals surface area (Å²) in [5.74, 6) is 0.725. The molecule has 114 valence electrons. The molecule has 2 heterocycles. The quantitative estimate of drug-likeness (QED) is 0.612. The number of fused-ring (bicyclic) bond motifs is 2. The summed E-state index contributed by atoms with van der Waals surface area (Å²) in [6.07, 6.45) is 1.56. The SMILES string of the molecule is CCc1cc2c(=O)[nH]c(Cc3cccc4ccccc34)nc2s1. The predicted molar refractivity (Wildman–Crippen MR) is 96.4 cm³/mol. The Morgan fingerprint density at radius 2 is 1.91 bits per heavy atom. The third-order valence-electron chi connectivity index (χ3n) is 4.09. The number of hydrogen-bond acceptors (Lipinski definition) is 3. The second-order valence-electron chi connectivity index (χ2n) is 5.61. The zero-order valence-corrected chi connectivity index (χ0v) is 13.6. The molecular formula is C19H16N2OS. The van der Waals surface area contributed by atoms with Crippen LogP contribution in [-0.2, 0) is 12.8 Å². The van der Waals surface area contributed by atoms with Gasteiger partial charge in [-0.25, -0.2) is 4.98 Å². The number of hydrogen-bond donors (Lipinski definition) is 1. The minimum atomic E-state index is -0.0406. The molecule has 4 rings (SSSR count). The van der Waals surface area contributed by atoms with E-state index in [1.165, 1.54) is 21.2 Å². The van der Waals surface area contributed by atoms with Crippen LogP contribution in [0.1, 0.15) is 23.2 Å². The standard InChI is InChI=1S/C19H16N2OS/c1-2-14-11-16-18(22)20-17(21-19(16)23-14)10-13-8-5-7-12-6-3-4-9-15(12)13/h3-9,11H,2,10H2,1H3,(H,20,21,22). The lowest BCUT2D eigenvalue weighted by atomic mass is 10.0. The van der Waals surface area contributed by atoms with Gasteiger partial charge in [-0.2, -0.15) is 0 Å². The molecule has 0 spiro atoms. The smallest absolute Gasteiger partial charge is 0.259 e. The molecule has 0 aliphatic carbocycles. The molecule has 0 saturated carbocycles. The highest BCUT2D eigenvalue weighted by Gasteiger charge is 2.09. The van der Waals surface area contributed by atoms with E-state index in [1.54, 1.807) is 11.3 Å². The lowest BCUT2D eigenvalue weighted by molar-refractivity contribution is 0.983. The first-order chi connectivity index (χ1) is 11.2. The van der Waals surface area contributed by atoms with Crippen LogP contribution < -0.4 is 5.56 Å². The number of aromatic nitrogens is 2. The molecule has 0 aliphatic heterocycles. The van der Waals surface area contributed by atoms with Crippen molar-refractivity contribution in [1.29, 1.82) is 0 Å². The van der Waals surface area contributed by atoms with E-state index in [2.05, 4.69) is 47.2 Å². The van der Waals surface area contributed by atoms with E-state index < -0.39 is 0 Å². The van der Waals surface area contributed by atoms with Gasteiger partial charge in [-0.15, -0.1) is 11.3 Å². The van der Waals surface area contributed by atoms with Gasteiger partial charge >= 0.3 is 0 Å². The first-order valence-corrected chi connectivity index (χ1v) is 8.54. The molecule has 1 N–H and O–H groups in total. The number of nitrogens with zero attached hydrogens (tertiary/aromatic N) is 1. The number of nitrogens with one attached hydrogen (secondary N) is 1. The van der Waals surface area contributed by atoms with Crippen molar-refractivity contribution in [3.63, 3.8) is 0 Å². The summed E-state index contributed by atoms with van der Waals surface area (Å²) in [6.45, 7) is 2.09. The van der Waals surface area contributed by atoms with Crippen LogP contribution in [0.2, 0.25) is 0 Å². The van der Waals surface area contributed by atoms with E-state index in [0.717, 1.165) is 17.1 Å². The van der Waals surface area contributed by atoms with Gasteiger partial charge in [-0.3, -0.25) is 4.79 Å². The van der Waals surface area contributed by atoms with Gasteiger partial charge in [0.2, 0.25) is 0 Å². The number of H-pyrrole nitrogens is 1. The maximum absolute atomic E-state index is 12.3. The number of aryl methyl sites for hydroxylation is 1. The second kappa shape index (κ2) is 5.63. The van der Waals surface area contributed by atoms with Crippen molar-refractivity contribution in [3.05, 3.63) is 75.1 Å². The molecule has 0 amide bonds. The van der Waals surface area contributed by atoms with Crippen molar-refractivity contribution in [2.45, 2.75) is 19.8 Å². The molecule has 0 radical (unpaired) electrons. The molecule has 4 aromatic rings. The number of rotatable bonds is 3.